The Kier molecular flexibility index (Phi) is 6.37. The van der Waals surface area contributed by atoms with E-state index >= 15 is 0 Å². The van der Waals surface area contributed by atoms with E-state index in [9.17, 15) is 13.2 Å². The van der Waals surface area contributed by atoms with E-state index in [0.29, 0.717) is 15.9 Å². The molecule has 32 heavy (non-hydrogen) atoms. The number of nitrogens with zero attached hydrogens (tertiary/aromatic N) is 2. The van der Waals surface area contributed by atoms with Gasteiger partial charge in [-0.2, -0.15) is 0 Å². The third-order valence-corrected chi connectivity index (χ3v) is 8.01. The molecule has 0 N–H and O–H groups in total. The van der Waals surface area contributed by atoms with E-state index in [1.807, 2.05) is 26.0 Å². The first-order chi connectivity index (χ1) is 15.2. The molecule has 0 atom stereocenters. The minimum absolute atomic E-state index is 0.156. The van der Waals surface area contributed by atoms with Crippen molar-refractivity contribution in [2.45, 2.75) is 31.7 Å². The van der Waals surface area contributed by atoms with Crippen molar-refractivity contribution in [3.05, 3.63) is 76.7 Å². The highest BCUT2D eigenvalue weighted by Gasteiger charge is 2.24. The number of anilines is 1. The molecule has 0 aliphatic carbocycles. The largest absolute Gasteiger partial charge is 0.467 e. The SMILES string of the molecule is Cc1ccc(S(=O)(=O)CCC(=O)N(Cc2ccco2)c2nc3c(C)cc(Cl)cc3s2)cc1. The molecule has 0 bridgehead atoms. The van der Waals surface area contributed by atoms with Gasteiger partial charge in [0.2, 0.25) is 5.91 Å². The second kappa shape index (κ2) is 9.05. The molecule has 0 spiro atoms. The smallest absolute Gasteiger partial charge is 0.230 e. The fourth-order valence-electron chi connectivity index (χ4n) is 3.30. The van der Waals surface area contributed by atoms with Crippen LogP contribution in [-0.4, -0.2) is 25.1 Å². The van der Waals surface area contributed by atoms with E-state index in [1.54, 1.807) is 36.4 Å². The van der Waals surface area contributed by atoms with Crippen LogP contribution in [0.5, 0.6) is 0 Å². The summed E-state index contributed by atoms with van der Waals surface area (Å²) < 4.78 is 31.7. The molecule has 0 radical (unpaired) electrons. The number of aryl methyl sites for hydroxylation is 2. The molecule has 0 saturated heterocycles. The van der Waals surface area contributed by atoms with Crippen LogP contribution in [0.15, 0.2) is 64.1 Å². The maximum absolute atomic E-state index is 13.2. The topological polar surface area (TPSA) is 80.5 Å². The fourth-order valence-corrected chi connectivity index (χ4v) is 5.97. The number of sulfone groups is 1. The van der Waals surface area contributed by atoms with E-state index in [2.05, 4.69) is 4.98 Å². The van der Waals surface area contributed by atoms with Crippen LogP contribution in [0.4, 0.5) is 5.13 Å². The van der Waals surface area contributed by atoms with Gasteiger partial charge in [-0.1, -0.05) is 40.6 Å². The highest BCUT2D eigenvalue weighted by Crippen LogP contribution is 2.34. The summed E-state index contributed by atoms with van der Waals surface area (Å²) in [5.74, 6) is -0.0621. The molecule has 166 valence electrons. The summed E-state index contributed by atoms with van der Waals surface area (Å²) in [6, 6.07) is 13.7. The summed E-state index contributed by atoms with van der Waals surface area (Å²) >= 11 is 7.51. The van der Waals surface area contributed by atoms with Gasteiger partial charge in [0.25, 0.3) is 0 Å². The number of thiazole rings is 1. The Morgan fingerprint density at radius 1 is 1.16 bits per heavy atom. The number of fused-ring (bicyclic) bond motifs is 1. The van der Waals surface area contributed by atoms with Crippen molar-refractivity contribution in [1.82, 2.24) is 4.98 Å². The van der Waals surface area contributed by atoms with E-state index in [4.69, 9.17) is 16.0 Å². The van der Waals surface area contributed by atoms with Crippen molar-refractivity contribution in [2.75, 3.05) is 10.7 Å². The lowest BCUT2D eigenvalue weighted by Crippen LogP contribution is -2.31. The molecule has 9 heteroatoms. The zero-order valence-corrected chi connectivity index (χ0v) is 19.9. The number of halogens is 1. The van der Waals surface area contributed by atoms with Crippen LogP contribution in [0.3, 0.4) is 0 Å². The number of rotatable bonds is 7. The molecule has 4 aromatic rings. The van der Waals surface area contributed by atoms with Gasteiger partial charge in [-0.25, -0.2) is 13.4 Å². The Morgan fingerprint density at radius 2 is 1.91 bits per heavy atom. The summed E-state index contributed by atoms with van der Waals surface area (Å²) in [6.07, 6.45) is 1.36. The lowest BCUT2D eigenvalue weighted by Gasteiger charge is -2.18. The predicted octanol–water partition coefficient (Wildman–Crippen LogP) is 5.56. The zero-order chi connectivity index (χ0) is 22.9. The lowest BCUT2D eigenvalue weighted by atomic mass is 10.2. The summed E-state index contributed by atoms with van der Waals surface area (Å²) in [5, 5.41) is 1.07. The molecular formula is C23H21ClN2O4S2. The first-order valence-electron chi connectivity index (χ1n) is 9.92. The molecule has 2 aromatic carbocycles. The molecule has 0 unspecified atom stereocenters. The monoisotopic (exact) mass is 488 g/mol. The van der Waals surface area contributed by atoms with E-state index in [1.165, 1.54) is 22.5 Å². The Labute approximate surface area is 195 Å². The van der Waals surface area contributed by atoms with Gasteiger partial charge in [-0.3, -0.25) is 9.69 Å². The van der Waals surface area contributed by atoms with E-state index < -0.39 is 9.84 Å². The minimum atomic E-state index is -3.59. The Bertz CT molecular complexity index is 1360. The van der Waals surface area contributed by atoms with Crippen molar-refractivity contribution in [1.29, 1.82) is 0 Å². The maximum atomic E-state index is 13.2. The molecule has 1 amide bonds. The molecule has 6 nitrogen and oxygen atoms in total. The third-order valence-electron chi connectivity index (χ3n) is 5.03. The normalized spacial score (nSPS) is 11.7. The summed E-state index contributed by atoms with van der Waals surface area (Å²) in [5.41, 5.74) is 2.64. The highest BCUT2D eigenvalue weighted by molar-refractivity contribution is 7.91. The van der Waals surface area contributed by atoms with Crippen LogP contribution >= 0.6 is 22.9 Å². The molecule has 0 aliphatic heterocycles. The second-order valence-electron chi connectivity index (χ2n) is 7.51. The van der Waals surface area contributed by atoms with Gasteiger partial charge in [-0.15, -0.1) is 0 Å². The van der Waals surface area contributed by atoms with Gasteiger partial charge in [0, 0.05) is 11.4 Å². The van der Waals surface area contributed by atoms with Gasteiger partial charge in [0.05, 0.1) is 33.7 Å². The first kappa shape index (κ1) is 22.5. The lowest BCUT2D eigenvalue weighted by molar-refractivity contribution is -0.118. The number of aromatic nitrogens is 1. The fraction of sp³-hybridized carbons (Fsp3) is 0.217. The number of benzene rings is 2. The highest BCUT2D eigenvalue weighted by atomic mass is 35.5. The zero-order valence-electron chi connectivity index (χ0n) is 17.5. The van der Waals surface area contributed by atoms with Crippen molar-refractivity contribution in [3.8, 4) is 0 Å². The minimum Gasteiger partial charge on any atom is -0.467 e. The van der Waals surface area contributed by atoms with Crippen LogP contribution in [0.25, 0.3) is 10.2 Å². The van der Waals surface area contributed by atoms with E-state index in [-0.39, 0.29) is 29.5 Å². The van der Waals surface area contributed by atoms with Crippen molar-refractivity contribution >= 4 is 54.0 Å². The Hall–Kier alpha value is -2.68. The van der Waals surface area contributed by atoms with E-state index in [0.717, 1.165) is 21.3 Å². The predicted molar refractivity (Wildman–Crippen MR) is 127 cm³/mol. The summed E-state index contributed by atoms with van der Waals surface area (Å²) in [4.78, 5) is 19.5. The number of carbonyl (C=O) groups is 1. The number of hydrogen-bond acceptors (Lipinski definition) is 6. The van der Waals surface area contributed by atoms with Crippen molar-refractivity contribution in [2.24, 2.45) is 0 Å². The molecule has 0 saturated carbocycles. The van der Waals surface area contributed by atoms with Crippen LogP contribution in [0.1, 0.15) is 23.3 Å². The number of furan rings is 1. The summed E-state index contributed by atoms with van der Waals surface area (Å²) in [6.45, 7) is 3.95. The molecule has 2 aromatic heterocycles. The van der Waals surface area contributed by atoms with Gasteiger partial charge in [-0.05, 0) is 55.8 Å². The maximum Gasteiger partial charge on any atom is 0.230 e. The standard InChI is InChI=1S/C23H21ClN2O4S2/c1-15-5-7-19(8-6-15)32(28,29)11-9-21(27)26(14-18-4-3-10-30-18)23-25-22-16(2)12-17(24)13-20(22)31-23/h3-8,10,12-13H,9,11,14H2,1-2H3. The first-order valence-corrected chi connectivity index (χ1v) is 12.8. The second-order valence-corrected chi connectivity index (χ2v) is 11.1. The molecule has 0 aliphatic rings. The molecule has 4 rings (SSSR count). The van der Waals surface area contributed by atoms with Gasteiger partial charge in [0.1, 0.15) is 5.76 Å². The quantitative estimate of drug-likeness (QED) is 0.340. The molecule has 2 heterocycles. The number of hydrogen-bond donors (Lipinski definition) is 0. The third kappa shape index (κ3) is 4.87. The van der Waals surface area contributed by atoms with Crippen LogP contribution < -0.4 is 4.90 Å². The molecular weight excluding hydrogens is 468 g/mol. The number of amides is 1. The Morgan fingerprint density at radius 3 is 2.59 bits per heavy atom. The average molecular weight is 489 g/mol. The van der Waals surface area contributed by atoms with Crippen molar-refractivity contribution in [3.63, 3.8) is 0 Å². The van der Waals surface area contributed by atoms with Gasteiger partial charge in [0.15, 0.2) is 15.0 Å². The van der Waals surface area contributed by atoms with Crippen molar-refractivity contribution < 1.29 is 17.6 Å². The summed E-state index contributed by atoms with van der Waals surface area (Å²) in [7, 11) is -3.59. The van der Waals surface area contributed by atoms with Crippen LogP contribution in [0, 0.1) is 13.8 Å². The van der Waals surface area contributed by atoms with Crippen LogP contribution in [-0.2, 0) is 21.2 Å². The number of carbonyl (C=O) groups excluding carboxylic acids is 1. The average Bonchev–Trinajstić information content (AvgIpc) is 3.40. The van der Waals surface area contributed by atoms with Gasteiger partial charge >= 0.3 is 0 Å². The Balaban J connectivity index is 1.61. The van der Waals surface area contributed by atoms with Crippen LogP contribution in [0.2, 0.25) is 5.02 Å². The molecule has 0 fully saturated rings. The van der Waals surface area contributed by atoms with Gasteiger partial charge < -0.3 is 4.42 Å².